The van der Waals surface area contributed by atoms with Crippen LogP contribution < -0.4 is 0 Å². The Labute approximate surface area is 127 Å². The van der Waals surface area contributed by atoms with Crippen LogP contribution in [0.25, 0.3) is 0 Å². The van der Waals surface area contributed by atoms with Crippen LogP contribution in [0.2, 0.25) is 5.02 Å². The fourth-order valence-electron chi connectivity index (χ4n) is 1.94. The summed E-state index contributed by atoms with van der Waals surface area (Å²) in [5.74, 6) is -1.32. The topological polar surface area (TPSA) is 20.3 Å². The molecule has 2 aromatic carbocycles. The lowest BCUT2D eigenvalue weighted by Crippen LogP contribution is -2.27. The van der Waals surface area contributed by atoms with E-state index in [1.54, 1.807) is 19.1 Å². The van der Waals surface area contributed by atoms with Crippen molar-refractivity contribution in [2.45, 2.75) is 13.5 Å². The Morgan fingerprint density at radius 1 is 1.19 bits per heavy atom. The molecule has 0 radical (unpaired) electrons. The summed E-state index contributed by atoms with van der Waals surface area (Å²) in [5, 5.41) is 0.254. The number of nitrogens with zero attached hydrogens (tertiary/aromatic N) is 1. The second kappa shape index (κ2) is 6.22. The molecule has 110 valence electrons. The maximum Gasteiger partial charge on any atom is 0.254 e. The number of amides is 1. The summed E-state index contributed by atoms with van der Waals surface area (Å²) in [4.78, 5) is 13.5. The predicted octanol–water partition coefficient (Wildman–Crippen LogP) is 4.20. The van der Waals surface area contributed by atoms with Gasteiger partial charge in [-0.2, -0.15) is 0 Å². The summed E-state index contributed by atoms with van der Waals surface area (Å²) in [7, 11) is 1.52. The molecule has 5 heteroatoms. The molecule has 0 saturated carbocycles. The summed E-state index contributed by atoms with van der Waals surface area (Å²) in [5.41, 5.74) is 0.919. The normalized spacial score (nSPS) is 10.5. The van der Waals surface area contributed by atoms with Crippen molar-refractivity contribution in [3.8, 4) is 0 Å². The van der Waals surface area contributed by atoms with Crippen molar-refractivity contribution in [1.29, 1.82) is 0 Å². The number of halogens is 3. The van der Waals surface area contributed by atoms with Gasteiger partial charge in [-0.1, -0.05) is 23.7 Å². The van der Waals surface area contributed by atoms with E-state index < -0.39 is 17.5 Å². The van der Waals surface area contributed by atoms with Gasteiger partial charge in [-0.25, -0.2) is 8.78 Å². The Kier molecular flexibility index (Phi) is 4.58. The number of carbonyl (C=O) groups excluding carboxylic acids is 1. The number of aryl methyl sites for hydroxylation is 1. The van der Waals surface area contributed by atoms with Gasteiger partial charge in [-0.15, -0.1) is 0 Å². The minimum Gasteiger partial charge on any atom is -0.337 e. The van der Waals surface area contributed by atoms with Crippen LogP contribution in [-0.4, -0.2) is 17.9 Å². The first kappa shape index (κ1) is 15.4. The lowest BCUT2D eigenvalue weighted by atomic mass is 10.1. The van der Waals surface area contributed by atoms with Crippen LogP contribution in [-0.2, 0) is 6.54 Å². The molecule has 0 atom stereocenters. The zero-order chi connectivity index (χ0) is 15.6. The van der Waals surface area contributed by atoms with Gasteiger partial charge in [0, 0.05) is 29.7 Å². The summed E-state index contributed by atoms with van der Waals surface area (Å²) in [6, 6.07) is 8.59. The molecule has 1 amide bonds. The molecular weight excluding hydrogens is 296 g/mol. The third kappa shape index (κ3) is 3.39. The molecular formula is C16H14ClF2NO. The van der Waals surface area contributed by atoms with E-state index in [0.29, 0.717) is 5.56 Å². The van der Waals surface area contributed by atoms with Crippen molar-refractivity contribution in [1.82, 2.24) is 4.90 Å². The molecule has 0 aliphatic rings. The molecule has 0 heterocycles. The fraction of sp³-hybridized carbons (Fsp3) is 0.188. The average molecular weight is 310 g/mol. The zero-order valence-electron chi connectivity index (χ0n) is 11.7. The Hall–Kier alpha value is -1.94. The summed E-state index contributed by atoms with van der Waals surface area (Å²) < 4.78 is 27.2. The smallest absolute Gasteiger partial charge is 0.254 e. The second-order valence-electron chi connectivity index (χ2n) is 4.83. The average Bonchev–Trinajstić information content (AvgIpc) is 2.45. The molecule has 0 aliphatic heterocycles. The molecule has 0 bridgehead atoms. The van der Waals surface area contributed by atoms with Crippen molar-refractivity contribution in [3.05, 3.63) is 69.7 Å². The van der Waals surface area contributed by atoms with Crippen molar-refractivity contribution in [2.24, 2.45) is 0 Å². The molecule has 0 aliphatic carbocycles. The van der Waals surface area contributed by atoms with E-state index in [4.69, 9.17) is 11.6 Å². The molecule has 0 fully saturated rings. The molecule has 2 nitrogen and oxygen atoms in total. The van der Waals surface area contributed by atoms with Crippen LogP contribution in [0.3, 0.4) is 0 Å². The van der Waals surface area contributed by atoms with Crippen LogP contribution in [0.4, 0.5) is 8.78 Å². The van der Waals surface area contributed by atoms with Gasteiger partial charge in [-0.05, 0) is 36.8 Å². The van der Waals surface area contributed by atoms with Crippen molar-refractivity contribution in [2.75, 3.05) is 7.05 Å². The van der Waals surface area contributed by atoms with E-state index in [-0.39, 0.29) is 22.7 Å². The van der Waals surface area contributed by atoms with Gasteiger partial charge >= 0.3 is 0 Å². The van der Waals surface area contributed by atoms with E-state index in [2.05, 4.69) is 0 Å². The van der Waals surface area contributed by atoms with Crippen LogP contribution in [0, 0.1) is 18.6 Å². The zero-order valence-corrected chi connectivity index (χ0v) is 12.4. The van der Waals surface area contributed by atoms with Gasteiger partial charge in [0.15, 0.2) is 0 Å². The van der Waals surface area contributed by atoms with Crippen LogP contribution in [0.1, 0.15) is 21.5 Å². The third-order valence-corrected chi connectivity index (χ3v) is 3.58. The van der Waals surface area contributed by atoms with Gasteiger partial charge in [-0.3, -0.25) is 4.79 Å². The minimum atomic E-state index is -0.475. The predicted molar refractivity (Wildman–Crippen MR) is 78.3 cm³/mol. The lowest BCUT2D eigenvalue weighted by molar-refractivity contribution is 0.0783. The fourth-order valence-corrected chi connectivity index (χ4v) is 2.16. The van der Waals surface area contributed by atoms with Crippen LogP contribution in [0.15, 0.2) is 36.4 Å². The SMILES string of the molecule is Cc1ccc(C(=O)N(C)Cc2c(F)cccc2Cl)cc1F. The number of hydrogen-bond acceptors (Lipinski definition) is 1. The van der Waals surface area contributed by atoms with Gasteiger partial charge < -0.3 is 4.90 Å². The Morgan fingerprint density at radius 3 is 2.52 bits per heavy atom. The highest BCUT2D eigenvalue weighted by Gasteiger charge is 2.16. The maximum absolute atomic E-state index is 13.7. The van der Waals surface area contributed by atoms with Crippen molar-refractivity contribution >= 4 is 17.5 Å². The second-order valence-corrected chi connectivity index (χ2v) is 5.23. The Balaban J connectivity index is 2.21. The molecule has 0 N–H and O–H groups in total. The maximum atomic E-state index is 13.7. The van der Waals surface area contributed by atoms with Crippen LogP contribution in [0.5, 0.6) is 0 Å². The molecule has 0 unspecified atom stereocenters. The minimum absolute atomic E-state index is 0.0137. The van der Waals surface area contributed by atoms with E-state index in [0.717, 1.165) is 0 Å². The lowest BCUT2D eigenvalue weighted by Gasteiger charge is -2.18. The number of rotatable bonds is 3. The number of benzene rings is 2. The molecule has 2 aromatic rings. The number of hydrogen-bond donors (Lipinski definition) is 0. The van der Waals surface area contributed by atoms with E-state index in [1.165, 1.54) is 36.2 Å². The van der Waals surface area contributed by atoms with Gasteiger partial charge in [0.25, 0.3) is 5.91 Å². The van der Waals surface area contributed by atoms with E-state index in [1.807, 2.05) is 0 Å². The summed E-state index contributed by atoms with van der Waals surface area (Å²) >= 11 is 5.93. The monoisotopic (exact) mass is 309 g/mol. The Morgan fingerprint density at radius 2 is 1.90 bits per heavy atom. The summed E-state index contributed by atoms with van der Waals surface area (Å²) in [6.45, 7) is 1.63. The summed E-state index contributed by atoms with van der Waals surface area (Å²) in [6.07, 6.45) is 0. The first-order valence-electron chi connectivity index (χ1n) is 6.34. The van der Waals surface area contributed by atoms with Gasteiger partial charge in [0.1, 0.15) is 11.6 Å². The standard InChI is InChI=1S/C16H14ClF2NO/c1-10-6-7-11(8-15(10)19)16(21)20(2)9-12-13(17)4-3-5-14(12)18/h3-8H,9H2,1-2H3. The molecule has 0 aromatic heterocycles. The highest BCUT2D eigenvalue weighted by atomic mass is 35.5. The van der Waals surface area contributed by atoms with Crippen LogP contribution >= 0.6 is 11.6 Å². The van der Waals surface area contributed by atoms with E-state index in [9.17, 15) is 13.6 Å². The molecule has 0 saturated heterocycles. The van der Waals surface area contributed by atoms with E-state index >= 15 is 0 Å². The quantitative estimate of drug-likeness (QED) is 0.832. The molecule has 21 heavy (non-hydrogen) atoms. The highest BCUT2D eigenvalue weighted by Crippen LogP contribution is 2.21. The molecule has 0 spiro atoms. The van der Waals surface area contributed by atoms with Crippen molar-refractivity contribution < 1.29 is 13.6 Å². The third-order valence-electron chi connectivity index (χ3n) is 3.22. The first-order chi connectivity index (χ1) is 9.90. The van der Waals surface area contributed by atoms with Gasteiger partial charge in [0.05, 0.1) is 0 Å². The first-order valence-corrected chi connectivity index (χ1v) is 6.72. The highest BCUT2D eigenvalue weighted by molar-refractivity contribution is 6.31. The molecule has 2 rings (SSSR count). The number of carbonyl (C=O) groups is 1. The van der Waals surface area contributed by atoms with Gasteiger partial charge in [0.2, 0.25) is 0 Å². The largest absolute Gasteiger partial charge is 0.337 e. The van der Waals surface area contributed by atoms with Crippen molar-refractivity contribution in [3.63, 3.8) is 0 Å². The Bertz CT molecular complexity index is 668.